The number of rotatable bonds is 11. The smallest absolute Gasteiger partial charge is 0.305 e. The molecule has 4 nitrogen and oxygen atoms in total. The Labute approximate surface area is 139 Å². The maximum Gasteiger partial charge on any atom is 0.305 e. The average molecular weight is 322 g/mol. The van der Waals surface area contributed by atoms with Gasteiger partial charge in [0.1, 0.15) is 12.4 Å². The highest BCUT2D eigenvalue weighted by Crippen LogP contribution is 2.30. The lowest BCUT2D eigenvalue weighted by molar-refractivity contribution is -0.145. The third-order valence-corrected chi connectivity index (χ3v) is 3.96. The molecule has 1 aromatic rings. The fraction of sp³-hybridized carbons (Fsp3) is 0.632. The van der Waals surface area contributed by atoms with E-state index in [1.165, 1.54) is 0 Å². The number of benzene rings is 1. The monoisotopic (exact) mass is 322 g/mol. The molecule has 0 aliphatic rings. The first-order valence-electron chi connectivity index (χ1n) is 8.48. The zero-order chi connectivity index (χ0) is 17.1. The van der Waals surface area contributed by atoms with Gasteiger partial charge in [-0.3, -0.25) is 4.79 Å². The van der Waals surface area contributed by atoms with Crippen LogP contribution in [0, 0.1) is 0 Å². The van der Waals surface area contributed by atoms with Crippen molar-refractivity contribution in [3.8, 4) is 5.75 Å². The molecule has 0 radical (unpaired) electrons. The van der Waals surface area contributed by atoms with Gasteiger partial charge in [-0.15, -0.1) is 0 Å². The molecular weight excluding hydrogens is 292 g/mol. The van der Waals surface area contributed by atoms with Crippen LogP contribution in [-0.4, -0.2) is 30.9 Å². The lowest BCUT2D eigenvalue weighted by Crippen LogP contribution is -2.18. The van der Waals surface area contributed by atoms with E-state index in [1.807, 2.05) is 12.1 Å². The minimum atomic E-state index is -0.161. The van der Waals surface area contributed by atoms with Crippen molar-refractivity contribution >= 4 is 5.97 Å². The highest BCUT2D eigenvalue weighted by Gasteiger charge is 2.20. The summed E-state index contributed by atoms with van der Waals surface area (Å²) in [5.74, 6) is 0.111. The molecule has 0 aliphatic heterocycles. The molecule has 23 heavy (non-hydrogen) atoms. The van der Waals surface area contributed by atoms with E-state index in [0.29, 0.717) is 19.6 Å². The quantitative estimate of drug-likeness (QED) is 0.490. The number of ether oxygens (including phenoxy) is 2. The minimum Gasteiger partial charge on any atom is -0.508 e. The number of hydrogen-bond donors (Lipinski definition) is 1. The van der Waals surface area contributed by atoms with Crippen LogP contribution >= 0.6 is 0 Å². The Morgan fingerprint density at radius 2 is 1.78 bits per heavy atom. The maximum absolute atomic E-state index is 11.7. The van der Waals surface area contributed by atoms with Crippen LogP contribution in [0.5, 0.6) is 5.75 Å². The van der Waals surface area contributed by atoms with Crippen molar-refractivity contribution < 1.29 is 19.4 Å². The standard InChI is InChI=1S/C19H30O4/c1-4-5-13-22-14-15-23-18(21)7-6-12-19(2,3)16-8-10-17(20)11-9-16/h8-11,20H,4-7,12-15H2,1-3H3. The predicted octanol–water partition coefficient (Wildman–Crippen LogP) is 4.20. The van der Waals surface area contributed by atoms with Gasteiger partial charge in [0, 0.05) is 13.0 Å². The normalized spacial score (nSPS) is 11.4. The Kier molecular flexibility index (Phi) is 8.70. The summed E-state index contributed by atoms with van der Waals surface area (Å²) in [4.78, 5) is 11.7. The summed E-state index contributed by atoms with van der Waals surface area (Å²) in [5.41, 5.74) is 1.13. The van der Waals surface area contributed by atoms with E-state index in [-0.39, 0.29) is 17.1 Å². The van der Waals surface area contributed by atoms with Gasteiger partial charge in [0.2, 0.25) is 0 Å². The molecule has 1 rings (SSSR count). The van der Waals surface area contributed by atoms with Crippen molar-refractivity contribution in [2.24, 2.45) is 0 Å². The van der Waals surface area contributed by atoms with Crippen LogP contribution in [0.1, 0.15) is 58.4 Å². The fourth-order valence-corrected chi connectivity index (χ4v) is 2.37. The van der Waals surface area contributed by atoms with Crippen LogP contribution in [0.15, 0.2) is 24.3 Å². The molecule has 0 atom stereocenters. The van der Waals surface area contributed by atoms with Crippen LogP contribution < -0.4 is 0 Å². The first kappa shape index (κ1) is 19.5. The van der Waals surface area contributed by atoms with Gasteiger partial charge in [0.15, 0.2) is 0 Å². The van der Waals surface area contributed by atoms with Gasteiger partial charge in [0.05, 0.1) is 6.61 Å². The Balaban J connectivity index is 2.19. The van der Waals surface area contributed by atoms with Crippen LogP contribution in [0.3, 0.4) is 0 Å². The lowest BCUT2D eigenvalue weighted by atomic mass is 9.80. The Hall–Kier alpha value is -1.55. The van der Waals surface area contributed by atoms with Crippen molar-refractivity contribution in [2.45, 2.75) is 58.3 Å². The first-order chi connectivity index (χ1) is 11.0. The molecule has 0 fully saturated rings. The molecule has 130 valence electrons. The summed E-state index contributed by atoms with van der Waals surface area (Å²) in [6, 6.07) is 7.26. The second-order valence-corrected chi connectivity index (χ2v) is 6.47. The van der Waals surface area contributed by atoms with E-state index >= 15 is 0 Å². The maximum atomic E-state index is 11.7. The van der Waals surface area contributed by atoms with Gasteiger partial charge in [-0.25, -0.2) is 0 Å². The molecule has 4 heteroatoms. The zero-order valence-corrected chi connectivity index (χ0v) is 14.6. The molecule has 0 amide bonds. The molecule has 0 saturated heterocycles. The van der Waals surface area contributed by atoms with Gasteiger partial charge in [0.25, 0.3) is 0 Å². The summed E-state index contributed by atoms with van der Waals surface area (Å²) in [6.07, 6.45) is 4.25. The first-order valence-corrected chi connectivity index (χ1v) is 8.48. The number of esters is 1. The van der Waals surface area contributed by atoms with Crippen LogP contribution in [0.4, 0.5) is 0 Å². The van der Waals surface area contributed by atoms with E-state index in [2.05, 4.69) is 20.8 Å². The molecule has 0 bridgehead atoms. The van der Waals surface area contributed by atoms with Crippen LogP contribution in [0.2, 0.25) is 0 Å². The van der Waals surface area contributed by atoms with Gasteiger partial charge in [-0.05, 0) is 42.4 Å². The number of aromatic hydroxyl groups is 1. The van der Waals surface area contributed by atoms with Crippen molar-refractivity contribution in [3.63, 3.8) is 0 Å². The summed E-state index contributed by atoms with van der Waals surface area (Å²) in [7, 11) is 0. The van der Waals surface area contributed by atoms with E-state index in [4.69, 9.17) is 9.47 Å². The van der Waals surface area contributed by atoms with Crippen molar-refractivity contribution in [3.05, 3.63) is 29.8 Å². The van der Waals surface area contributed by atoms with E-state index in [9.17, 15) is 9.90 Å². The fourth-order valence-electron chi connectivity index (χ4n) is 2.37. The third kappa shape index (κ3) is 8.03. The summed E-state index contributed by atoms with van der Waals surface area (Å²) in [6.45, 7) is 7.95. The third-order valence-electron chi connectivity index (χ3n) is 3.96. The highest BCUT2D eigenvalue weighted by atomic mass is 16.6. The zero-order valence-electron chi connectivity index (χ0n) is 14.6. The molecule has 0 aromatic heterocycles. The molecule has 0 saturated carbocycles. The second kappa shape index (κ2) is 10.3. The molecule has 0 unspecified atom stereocenters. The van der Waals surface area contributed by atoms with Crippen LogP contribution in [0.25, 0.3) is 0 Å². The molecule has 0 aliphatic carbocycles. The molecular formula is C19H30O4. The van der Waals surface area contributed by atoms with Gasteiger partial charge >= 0.3 is 5.97 Å². The minimum absolute atomic E-state index is 0.0305. The van der Waals surface area contributed by atoms with Gasteiger partial charge in [-0.1, -0.05) is 39.3 Å². The highest BCUT2D eigenvalue weighted by molar-refractivity contribution is 5.69. The largest absolute Gasteiger partial charge is 0.508 e. The molecule has 0 spiro atoms. The predicted molar refractivity (Wildman–Crippen MR) is 91.7 cm³/mol. The topological polar surface area (TPSA) is 55.8 Å². The summed E-state index contributed by atoms with van der Waals surface area (Å²) >= 11 is 0. The van der Waals surface area contributed by atoms with E-state index in [1.54, 1.807) is 12.1 Å². The average Bonchev–Trinajstić information content (AvgIpc) is 2.51. The molecule has 1 aromatic carbocycles. The number of hydrogen-bond acceptors (Lipinski definition) is 4. The van der Waals surface area contributed by atoms with E-state index < -0.39 is 0 Å². The lowest BCUT2D eigenvalue weighted by Gasteiger charge is -2.25. The molecule has 1 N–H and O–H groups in total. The number of carbonyl (C=O) groups excluding carboxylic acids is 1. The summed E-state index contributed by atoms with van der Waals surface area (Å²) in [5, 5.41) is 9.35. The Morgan fingerprint density at radius 3 is 2.43 bits per heavy atom. The van der Waals surface area contributed by atoms with Gasteiger partial charge in [-0.2, -0.15) is 0 Å². The van der Waals surface area contributed by atoms with Gasteiger partial charge < -0.3 is 14.6 Å². The number of phenols is 1. The SMILES string of the molecule is CCCCOCCOC(=O)CCCC(C)(C)c1ccc(O)cc1. The number of carbonyl (C=O) groups is 1. The van der Waals surface area contributed by atoms with E-state index in [0.717, 1.165) is 37.9 Å². The van der Waals surface area contributed by atoms with Crippen molar-refractivity contribution in [1.82, 2.24) is 0 Å². The second-order valence-electron chi connectivity index (χ2n) is 6.47. The summed E-state index contributed by atoms with van der Waals surface area (Å²) < 4.78 is 10.5. The Bertz CT molecular complexity index is 451. The number of unbranched alkanes of at least 4 members (excludes halogenated alkanes) is 1. The molecule has 0 heterocycles. The number of phenolic OH excluding ortho intramolecular Hbond substituents is 1. The van der Waals surface area contributed by atoms with Crippen molar-refractivity contribution in [1.29, 1.82) is 0 Å². The van der Waals surface area contributed by atoms with Crippen molar-refractivity contribution in [2.75, 3.05) is 19.8 Å². The Morgan fingerprint density at radius 1 is 1.09 bits per heavy atom. The van der Waals surface area contributed by atoms with Crippen LogP contribution in [-0.2, 0) is 19.7 Å².